The largest absolute Gasteiger partial charge is 0.377 e. The molecule has 0 unspecified atom stereocenters. The Labute approximate surface area is 94.3 Å². The van der Waals surface area contributed by atoms with Gasteiger partial charge < -0.3 is 4.74 Å². The molecular weight excluding hydrogens is 234 g/mol. The second kappa shape index (κ2) is 5.60. The Kier molecular flexibility index (Phi) is 4.72. The molecule has 1 heterocycles. The van der Waals surface area contributed by atoms with Gasteiger partial charge in [0.25, 0.3) is 0 Å². The van der Waals surface area contributed by atoms with Crippen molar-refractivity contribution >= 4 is 21.4 Å². The van der Waals surface area contributed by atoms with Crippen LogP contribution in [-0.2, 0) is 14.8 Å². The molecule has 1 N–H and O–H groups in total. The molecule has 0 aliphatic rings. The molecule has 0 aromatic carbocycles. The Morgan fingerprint density at radius 1 is 1.53 bits per heavy atom. The summed E-state index contributed by atoms with van der Waals surface area (Å²) in [4.78, 5) is 0. The number of hydrogen-bond acceptors (Lipinski definition) is 4. The first kappa shape index (κ1) is 12.6. The van der Waals surface area contributed by atoms with Crippen LogP contribution >= 0.6 is 11.3 Å². The van der Waals surface area contributed by atoms with E-state index >= 15 is 0 Å². The van der Waals surface area contributed by atoms with Crippen LogP contribution in [0.15, 0.2) is 21.7 Å². The summed E-state index contributed by atoms with van der Waals surface area (Å²) in [7, 11) is -3.33. The van der Waals surface area contributed by atoms with E-state index in [0.29, 0.717) is 17.4 Å². The maximum absolute atomic E-state index is 11.6. The van der Waals surface area contributed by atoms with Gasteiger partial charge in [-0.2, -0.15) is 0 Å². The van der Waals surface area contributed by atoms with Crippen molar-refractivity contribution in [3.05, 3.63) is 17.5 Å². The Morgan fingerprint density at radius 3 is 2.80 bits per heavy atom. The zero-order valence-electron chi connectivity index (χ0n) is 8.76. The number of thiophene rings is 1. The van der Waals surface area contributed by atoms with Crippen molar-refractivity contribution in [2.24, 2.45) is 0 Å². The first-order chi connectivity index (χ1) is 7.02. The van der Waals surface area contributed by atoms with Crippen molar-refractivity contribution < 1.29 is 13.2 Å². The van der Waals surface area contributed by atoms with Gasteiger partial charge >= 0.3 is 0 Å². The predicted molar refractivity (Wildman–Crippen MR) is 60.6 cm³/mol. The molecule has 86 valence electrons. The van der Waals surface area contributed by atoms with Gasteiger partial charge in [-0.05, 0) is 25.3 Å². The number of ether oxygens (including phenoxy) is 1. The summed E-state index contributed by atoms with van der Waals surface area (Å²) in [5.41, 5.74) is 0. The highest BCUT2D eigenvalue weighted by Gasteiger charge is 2.13. The molecule has 1 aromatic heterocycles. The third-order valence-electron chi connectivity index (χ3n) is 1.61. The van der Waals surface area contributed by atoms with Crippen molar-refractivity contribution in [1.29, 1.82) is 0 Å². The summed E-state index contributed by atoms with van der Waals surface area (Å²) in [6.45, 7) is 4.52. The normalized spacial score (nSPS) is 12.2. The molecule has 0 atom stereocenters. The fraction of sp³-hybridized carbons (Fsp3) is 0.556. The van der Waals surface area contributed by atoms with Gasteiger partial charge in [0, 0.05) is 6.54 Å². The lowest BCUT2D eigenvalue weighted by Gasteiger charge is -2.08. The van der Waals surface area contributed by atoms with Gasteiger partial charge in [0.05, 0.1) is 12.7 Å². The zero-order valence-corrected chi connectivity index (χ0v) is 10.4. The van der Waals surface area contributed by atoms with E-state index in [1.165, 1.54) is 11.3 Å². The van der Waals surface area contributed by atoms with E-state index in [9.17, 15) is 8.42 Å². The van der Waals surface area contributed by atoms with Crippen molar-refractivity contribution in [3.8, 4) is 0 Å². The molecule has 0 saturated carbocycles. The molecule has 15 heavy (non-hydrogen) atoms. The van der Waals surface area contributed by atoms with Crippen LogP contribution in [0.3, 0.4) is 0 Å². The Morgan fingerprint density at radius 2 is 2.27 bits per heavy atom. The van der Waals surface area contributed by atoms with Crippen LogP contribution in [0.2, 0.25) is 0 Å². The first-order valence-corrected chi connectivity index (χ1v) is 7.03. The van der Waals surface area contributed by atoms with Crippen molar-refractivity contribution in [2.75, 3.05) is 13.2 Å². The molecule has 0 spiro atoms. The maximum atomic E-state index is 11.6. The van der Waals surface area contributed by atoms with Gasteiger partial charge in [0.1, 0.15) is 4.21 Å². The average molecular weight is 249 g/mol. The summed E-state index contributed by atoms with van der Waals surface area (Å²) in [5, 5.41) is 1.74. The van der Waals surface area contributed by atoms with Gasteiger partial charge in [-0.3, -0.25) is 0 Å². The monoisotopic (exact) mass is 249 g/mol. The first-order valence-electron chi connectivity index (χ1n) is 4.67. The lowest BCUT2D eigenvalue weighted by atomic mass is 10.5. The molecule has 4 nitrogen and oxygen atoms in total. The molecule has 0 radical (unpaired) electrons. The lowest BCUT2D eigenvalue weighted by Crippen LogP contribution is -2.27. The number of nitrogens with one attached hydrogen (secondary N) is 1. The van der Waals surface area contributed by atoms with Crippen LogP contribution in [0.1, 0.15) is 13.8 Å². The van der Waals surface area contributed by atoms with Crippen LogP contribution in [0.25, 0.3) is 0 Å². The smallest absolute Gasteiger partial charge is 0.250 e. The van der Waals surface area contributed by atoms with E-state index in [4.69, 9.17) is 4.74 Å². The Hall–Kier alpha value is -0.430. The minimum absolute atomic E-state index is 0.122. The van der Waals surface area contributed by atoms with Crippen LogP contribution < -0.4 is 4.72 Å². The summed E-state index contributed by atoms with van der Waals surface area (Å²) in [6, 6.07) is 3.29. The summed E-state index contributed by atoms with van der Waals surface area (Å²) in [6.07, 6.45) is 0.122. The van der Waals surface area contributed by atoms with E-state index in [1.54, 1.807) is 17.5 Å². The highest BCUT2D eigenvalue weighted by atomic mass is 32.2. The molecule has 0 aliphatic carbocycles. The molecule has 0 saturated heterocycles. The van der Waals surface area contributed by atoms with E-state index in [2.05, 4.69) is 4.72 Å². The maximum Gasteiger partial charge on any atom is 0.250 e. The average Bonchev–Trinajstić information content (AvgIpc) is 2.65. The third-order valence-corrected chi connectivity index (χ3v) is 4.46. The topological polar surface area (TPSA) is 55.4 Å². The van der Waals surface area contributed by atoms with Crippen LogP contribution in [0.4, 0.5) is 0 Å². The van der Waals surface area contributed by atoms with E-state index < -0.39 is 10.0 Å². The van der Waals surface area contributed by atoms with Crippen LogP contribution in [0, 0.1) is 0 Å². The SMILES string of the molecule is CC(C)OCCNS(=O)(=O)c1cccs1. The quantitative estimate of drug-likeness (QED) is 0.776. The highest BCUT2D eigenvalue weighted by Crippen LogP contribution is 2.14. The Bertz CT molecular complexity index is 370. The second-order valence-corrected chi connectivity index (χ2v) is 6.19. The highest BCUT2D eigenvalue weighted by molar-refractivity contribution is 7.91. The van der Waals surface area contributed by atoms with E-state index in [0.717, 1.165) is 0 Å². The van der Waals surface area contributed by atoms with Crippen molar-refractivity contribution in [1.82, 2.24) is 4.72 Å². The minimum Gasteiger partial charge on any atom is -0.377 e. The fourth-order valence-corrected chi connectivity index (χ4v) is 3.01. The molecular formula is C9H15NO3S2. The summed E-state index contributed by atoms with van der Waals surface area (Å²) >= 11 is 1.20. The standard InChI is InChI=1S/C9H15NO3S2/c1-8(2)13-6-5-10-15(11,12)9-4-3-7-14-9/h3-4,7-8,10H,5-6H2,1-2H3. The molecule has 1 rings (SSSR count). The third kappa shape index (κ3) is 4.29. The molecule has 0 bridgehead atoms. The molecule has 0 fully saturated rings. The molecule has 0 amide bonds. The van der Waals surface area contributed by atoms with Gasteiger partial charge in [0.2, 0.25) is 10.0 Å². The number of hydrogen-bond donors (Lipinski definition) is 1. The molecule has 1 aromatic rings. The zero-order chi connectivity index (χ0) is 11.3. The van der Waals surface area contributed by atoms with Crippen LogP contribution in [-0.4, -0.2) is 27.7 Å². The number of sulfonamides is 1. The summed E-state index contributed by atoms with van der Waals surface area (Å²) in [5.74, 6) is 0. The lowest BCUT2D eigenvalue weighted by molar-refractivity contribution is 0.0834. The molecule has 0 aliphatic heterocycles. The van der Waals surface area contributed by atoms with Crippen molar-refractivity contribution in [3.63, 3.8) is 0 Å². The second-order valence-electron chi connectivity index (χ2n) is 3.25. The van der Waals surface area contributed by atoms with E-state index in [-0.39, 0.29) is 6.10 Å². The van der Waals surface area contributed by atoms with Crippen molar-refractivity contribution in [2.45, 2.75) is 24.2 Å². The summed E-state index contributed by atoms with van der Waals surface area (Å²) < 4.78 is 31.2. The van der Waals surface area contributed by atoms with Gasteiger partial charge in [0.15, 0.2) is 0 Å². The Balaban J connectivity index is 2.39. The fourth-order valence-electron chi connectivity index (χ4n) is 0.958. The van der Waals surface area contributed by atoms with Gasteiger partial charge in [-0.25, -0.2) is 13.1 Å². The number of rotatable bonds is 6. The van der Waals surface area contributed by atoms with Gasteiger partial charge in [-0.15, -0.1) is 11.3 Å². The van der Waals surface area contributed by atoms with E-state index in [1.807, 2.05) is 13.8 Å². The van der Waals surface area contributed by atoms with Gasteiger partial charge in [-0.1, -0.05) is 6.07 Å². The predicted octanol–water partition coefficient (Wildman–Crippen LogP) is 1.45. The van der Waals surface area contributed by atoms with Crippen LogP contribution in [0.5, 0.6) is 0 Å². The minimum atomic E-state index is -3.33. The molecule has 6 heteroatoms.